The highest BCUT2D eigenvalue weighted by Gasteiger charge is 2.41. The summed E-state index contributed by atoms with van der Waals surface area (Å²) in [4.78, 5) is 7.56. The molecule has 0 amide bonds. The van der Waals surface area contributed by atoms with Gasteiger partial charge in [0, 0.05) is 66.5 Å². The smallest absolute Gasteiger partial charge is 0.135 e. The summed E-state index contributed by atoms with van der Waals surface area (Å²) in [6.07, 6.45) is 1.81. The van der Waals surface area contributed by atoms with Crippen molar-refractivity contribution in [3.63, 3.8) is 0 Å². The lowest BCUT2D eigenvalue weighted by Gasteiger charge is -2.43. The summed E-state index contributed by atoms with van der Waals surface area (Å²) in [5.41, 5.74) is 1.11. The van der Waals surface area contributed by atoms with Gasteiger partial charge in [-0.05, 0) is 37.8 Å². The number of benzene rings is 2. The van der Waals surface area contributed by atoms with E-state index >= 15 is 8.78 Å². The van der Waals surface area contributed by atoms with Gasteiger partial charge in [-0.1, -0.05) is 31.5 Å². The molecule has 3 heterocycles. The minimum absolute atomic E-state index is 0.0514. The van der Waals surface area contributed by atoms with Crippen LogP contribution in [0.25, 0.3) is 10.9 Å². The Hall–Kier alpha value is -2.52. The van der Waals surface area contributed by atoms with Gasteiger partial charge in [-0.25, -0.2) is 8.78 Å². The van der Waals surface area contributed by atoms with Gasteiger partial charge in [0.2, 0.25) is 0 Å². The van der Waals surface area contributed by atoms with Crippen LogP contribution in [0.3, 0.4) is 0 Å². The molecule has 37 heavy (non-hydrogen) atoms. The van der Waals surface area contributed by atoms with Crippen molar-refractivity contribution in [3.05, 3.63) is 64.9 Å². The number of aromatic nitrogens is 1. The second-order valence-corrected chi connectivity index (χ2v) is 11.0. The van der Waals surface area contributed by atoms with Gasteiger partial charge in [-0.15, -0.1) is 0 Å². The highest BCUT2D eigenvalue weighted by atomic mass is 19.1. The Morgan fingerprint density at radius 1 is 1.16 bits per heavy atom. The molecule has 0 unspecified atom stereocenters. The van der Waals surface area contributed by atoms with Crippen molar-refractivity contribution in [1.29, 1.82) is 0 Å². The molecule has 0 saturated carbocycles. The average Bonchev–Trinajstić information content (AvgIpc) is 3.20. The average molecular weight is 514 g/mol. The van der Waals surface area contributed by atoms with Crippen LogP contribution in [-0.2, 0) is 6.42 Å². The second-order valence-electron chi connectivity index (χ2n) is 11.0. The van der Waals surface area contributed by atoms with Crippen LogP contribution in [0.1, 0.15) is 50.1 Å². The highest BCUT2D eigenvalue weighted by molar-refractivity contribution is 5.85. The topological polar surface area (TPSA) is 72.0 Å². The largest absolute Gasteiger partial charge is 0.492 e. The lowest BCUT2D eigenvalue weighted by atomic mass is 9.87. The lowest BCUT2D eigenvalue weighted by Crippen LogP contribution is -2.51. The number of fused-ring (bicyclic) bond motifs is 3. The van der Waals surface area contributed by atoms with Gasteiger partial charge in [0.15, 0.2) is 0 Å². The molecule has 6 nitrogen and oxygen atoms in total. The Kier molecular flexibility index (Phi) is 7.29. The van der Waals surface area contributed by atoms with Gasteiger partial charge in [0.1, 0.15) is 24.0 Å². The number of aliphatic hydroxyl groups excluding tert-OH is 1. The number of hydrogen-bond acceptors (Lipinski definition) is 5. The normalized spacial score (nSPS) is 22.6. The number of para-hydroxylation sites is 1. The summed E-state index contributed by atoms with van der Waals surface area (Å²) in [6.45, 7) is 8.47. The molecule has 0 bridgehead atoms. The number of ether oxygens (including phenoxy) is 1. The zero-order valence-electron chi connectivity index (χ0n) is 21.8. The summed E-state index contributed by atoms with van der Waals surface area (Å²) in [5.74, 6) is -0.484. The second kappa shape index (κ2) is 10.3. The van der Waals surface area contributed by atoms with Crippen LogP contribution >= 0.6 is 0 Å². The highest BCUT2D eigenvalue weighted by Crippen LogP contribution is 2.43. The van der Waals surface area contributed by atoms with Crippen LogP contribution in [0, 0.1) is 17.6 Å². The first-order chi connectivity index (χ1) is 17.7. The number of nitrogens with one attached hydrogen (secondary N) is 1. The number of rotatable bonds is 9. The summed E-state index contributed by atoms with van der Waals surface area (Å²) < 4.78 is 37.2. The number of H-pyrrole nitrogens is 1. The van der Waals surface area contributed by atoms with Gasteiger partial charge in [0.25, 0.3) is 0 Å². The van der Waals surface area contributed by atoms with Crippen LogP contribution in [0.15, 0.2) is 36.4 Å². The predicted octanol–water partition coefficient (Wildman–Crippen LogP) is 4.25. The Balaban J connectivity index is 1.47. The van der Waals surface area contributed by atoms with Crippen molar-refractivity contribution in [2.75, 3.05) is 39.4 Å². The van der Waals surface area contributed by atoms with E-state index in [-0.39, 0.29) is 23.9 Å². The number of β-amino-alcohol motifs (C(OH)–C–C–N with tert-alkyl or cyclic N) is 1. The Bertz CT molecular complexity index is 1230. The first-order valence-corrected chi connectivity index (χ1v) is 13.2. The fourth-order valence-corrected chi connectivity index (χ4v) is 5.82. The molecule has 1 fully saturated rings. The fraction of sp³-hybridized carbons (Fsp3) is 0.517. The first-order valence-electron chi connectivity index (χ1n) is 13.2. The Morgan fingerprint density at radius 2 is 1.86 bits per heavy atom. The van der Waals surface area contributed by atoms with Crippen molar-refractivity contribution in [3.8, 4) is 5.75 Å². The van der Waals surface area contributed by atoms with Crippen molar-refractivity contribution < 1.29 is 23.7 Å². The molecule has 1 saturated heterocycles. The zero-order valence-corrected chi connectivity index (χ0v) is 21.8. The number of aliphatic hydroxyl groups is 2. The van der Waals surface area contributed by atoms with Gasteiger partial charge >= 0.3 is 0 Å². The van der Waals surface area contributed by atoms with E-state index in [0.29, 0.717) is 18.7 Å². The summed E-state index contributed by atoms with van der Waals surface area (Å²) in [5, 5.41) is 21.5. The van der Waals surface area contributed by atoms with E-state index in [4.69, 9.17) is 4.74 Å². The molecular formula is C29H37F2N3O3. The molecule has 3 N–H and O–H groups in total. The molecule has 2 aliphatic heterocycles. The predicted molar refractivity (Wildman–Crippen MR) is 140 cm³/mol. The summed E-state index contributed by atoms with van der Waals surface area (Å²) in [6, 6.07) is 9.42. The molecule has 0 radical (unpaired) electrons. The molecule has 0 spiro atoms. The maximum Gasteiger partial charge on any atom is 0.135 e. The monoisotopic (exact) mass is 513 g/mol. The third-order valence-electron chi connectivity index (χ3n) is 7.99. The molecule has 3 aromatic rings. The molecular weight excluding hydrogens is 476 g/mol. The SMILES string of the molecule is CCC1CN(CCOc2cc(F)c([C@@H]3c4[nH]c5ccccc5c4C[C@@H](C)N3C[C@](C)(O)CO)c(F)c2)C1. The molecule has 1 aromatic heterocycles. The zero-order chi connectivity index (χ0) is 26.3. The van der Waals surface area contributed by atoms with E-state index < -0.39 is 29.9 Å². The first kappa shape index (κ1) is 26.1. The van der Waals surface area contributed by atoms with E-state index in [1.807, 2.05) is 36.1 Å². The van der Waals surface area contributed by atoms with E-state index in [0.717, 1.165) is 48.4 Å². The van der Waals surface area contributed by atoms with Crippen LogP contribution in [0.2, 0.25) is 0 Å². The standard InChI is InChI=1S/C29H37F2N3O3/c1-4-19-14-33(15-19)9-10-37-20-12-23(30)26(24(31)13-20)28-27-22(21-7-5-6-8-25(21)32-27)11-18(2)34(28)16-29(3,36)17-35/h5-8,12-13,18-19,28,32,35-36H,4,9-11,14-17H2,1-3H3/t18-,28-,29+/m1/s1. The van der Waals surface area contributed by atoms with Gasteiger partial charge in [-0.2, -0.15) is 0 Å². The number of likely N-dealkylation sites (tertiary alicyclic amines) is 1. The van der Waals surface area contributed by atoms with E-state index in [9.17, 15) is 10.2 Å². The quantitative estimate of drug-likeness (QED) is 0.399. The molecule has 2 aliphatic rings. The van der Waals surface area contributed by atoms with Crippen LogP contribution < -0.4 is 4.74 Å². The van der Waals surface area contributed by atoms with Crippen molar-refractivity contribution in [2.45, 2.75) is 51.3 Å². The van der Waals surface area contributed by atoms with Crippen molar-refractivity contribution in [2.24, 2.45) is 5.92 Å². The maximum atomic E-state index is 15.7. The maximum absolute atomic E-state index is 15.7. The van der Waals surface area contributed by atoms with E-state index in [1.165, 1.54) is 19.1 Å². The molecule has 8 heteroatoms. The van der Waals surface area contributed by atoms with Gasteiger partial charge in [-0.3, -0.25) is 9.80 Å². The Labute approximate surface area is 216 Å². The van der Waals surface area contributed by atoms with Crippen LogP contribution in [0.4, 0.5) is 8.78 Å². The number of halogens is 2. The van der Waals surface area contributed by atoms with Gasteiger partial charge in [0.05, 0.1) is 18.2 Å². The third kappa shape index (κ3) is 5.12. The van der Waals surface area contributed by atoms with Crippen LogP contribution in [-0.4, -0.2) is 76.0 Å². The fourth-order valence-electron chi connectivity index (χ4n) is 5.82. The summed E-state index contributed by atoms with van der Waals surface area (Å²) >= 11 is 0. The Morgan fingerprint density at radius 3 is 2.54 bits per heavy atom. The number of nitrogens with zero attached hydrogens (tertiary/aromatic N) is 2. The van der Waals surface area contributed by atoms with E-state index in [2.05, 4.69) is 16.8 Å². The number of hydrogen-bond donors (Lipinski definition) is 3. The number of aromatic amines is 1. The minimum Gasteiger partial charge on any atom is -0.492 e. The molecule has 2 aromatic carbocycles. The minimum atomic E-state index is -1.43. The molecule has 200 valence electrons. The van der Waals surface area contributed by atoms with Crippen molar-refractivity contribution in [1.82, 2.24) is 14.8 Å². The lowest BCUT2D eigenvalue weighted by molar-refractivity contribution is -0.0437. The van der Waals surface area contributed by atoms with Crippen molar-refractivity contribution >= 4 is 10.9 Å². The summed E-state index contributed by atoms with van der Waals surface area (Å²) in [7, 11) is 0. The molecule has 5 rings (SSSR count). The van der Waals surface area contributed by atoms with Crippen LogP contribution in [0.5, 0.6) is 5.75 Å². The molecule has 0 aliphatic carbocycles. The van der Waals surface area contributed by atoms with Gasteiger partial charge < -0.3 is 19.9 Å². The molecule has 3 atom stereocenters. The third-order valence-corrected chi connectivity index (χ3v) is 7.99. The van der Waals surface area contributed by atoms with E-state index in [1.54, 1.807) is 0 Å².